The van der Waals surface area contributed by atoms with Gasteiger partial charge >= 0.3 is 12.1 Å². The molecule has 6 heteroatoms. The van der Waals surface area contributed by atoms with Crippen LogP contribution in [0.3, 0.4) is 0 Å². The lowest BCUT2D eigenvalue weighted by atomic mass is 10.2. The molecule has 82 valence electrons. The van der Waals surface area contributed by atoms with E-state index in [-0.39, 0.29) is 18.5 Å². The van der Waals surface area contributed by atoms with Crippen molar-refractivity contribution in [3.8, 4) is 0 Å². The van der Waals surface area contributed by atoms with Crippen LogP contribution in [-0.2, 0) is 14.3 Å². The Morgan fingerprint density at radius 3 is 2.64 bits per heavy atom. The third kappa shape index (κ3) is 6.24. The number of carbonyl (C=O) groups is 2. The summed E-state index contributed by atoms with van der Waals surface area (Å²) in [7, 11) is 1.34. The van der Waals surface area contributed by atoms with Crippen molar-refractivity contribution in [1.29, 1.82) is 0 Å². The van der Waals surface area contributed by atoms with E-state index in [0.717, 1.165) is 0 Å². The summed E-state index contributed by atoms with van der Waals surface area (Å²) >= 11 is 0. The maximum absolute atomic E-state index is 10.9. The fraction of sp³-hybridized carbons (Fsp3) is 0.750. The van der Waals surface area contributed by atoms with Crippen molar-refractivity contribution < 1.29 is 19.1 Å². The highest BCUT2D eigenvalue weighted by Gasteiger charge is 2.11. The van der Waals surface area contributed by atoms with E-state index in [0.29, 0.717) is 13.1 Å². The first-order valence-corrected chi connectivity index (χ1v) is 4.28. The largest absolute Gasteiger partial charge is 0.469 e. The molecule has 3 N–H and O–H groups in total. The normalized spacial score (nSPS) is 11.9. The SMILES string of the molecule is COC(=O)C(C)CNCCOC(N)=O. The maximum atomic E-state index is 10.9. The first-order valence-electron chi connectivity index (χ1n) is 4.28. The van der Waals surface area contributed by atoms with Crippen molar-refractivity contribution in [2.75, 3.05) is 26.8 Å². The minimum atomic E-state index is -0.798. The summed E-state index contributed by atoms with van der Waals surface area (Å²) in [6.45, 7) is 2.88. The van der Waals surface area contributed by atoms with Gasteiger partial charge in [-0.2, -0.15) is 0 Å². The molecule has 6 nitrogen and oxygen atoms in total. The summed E-state index contributed by atoms with van der Waals surface area (Å²) in [5, 5.41) is 2.92. The summed E-state index contributed by atoms with van der Waals surface area (Å²) in [6.07, 6.45) is -0.798. The van der Waals surface area contributed by atoms with E-state index in [9.17, 15) is 9.59 Å². The Morgan fingerprint density at radius 2 is 2.14 bits per heavy atom. The number of primary amides is 1. The second kappa shape index (κ2) is 7.14. The molecule has 0 aliphatic heterocycles. The average molecular weight is 204 g/mol. The lowest BCUT2D eigenvalue weighted by molar-refractivity contribution is -0.144. The first kappa shape index (κ1) is 12.7. The third-order valence-corrected chi connectivity index (χ3v) is 1.58. The van der Waals surface area contributed by atoms with E-state index >= 15 is 0 Å². The first-order chi connectivity index (χ1) is 6.57. The molecule has 0 saturated carbocycles. The van der Waals surface area contributed by atoms with Crippen LogP contribution in [0.25, 0.3) is 0 Å². The van der Waals surface area contributed by atoms with Crippen LogP contribution >= 0.6 is 0 Å². The number of hydrogen-bond donors (Lipinski definition) is 2. The van der Waals surface area contributed by atoms with Gasteiger partial charge in [0.1, 0.15) is 6.61 Å². The van der Waals surface area contributed by atoms with Crippen LogP contribution in [0, 0.1) is 5.92 Å². The number of ether oxygens (including phenoxy) is 2. The number of nitrogens with one attached hydrogen (secondary N) is 1. The van der Waals surface area contributed by atoms with E-state index < -0.39 is 6.09 Å². The van der Waals surface area contributed by atoms with Crippen molar-refractivity contribution >= 4 is 12.1 Å². The number of methoxy groups -OCH3 is 1. The number of amides is 1. The molecule has 0 aliphatic rings. The minimum Gasteiger partial charge on any atom is -0.469 e. The van der Waals surface area contributed by atoms with Gasteiger partial charge in [0.15, 0.2) is 0 Å². The van der Waals surface area contributed by atoms with Gasteiger partial charge in [0.05, 0.1) is 13.0 Å². The van der Waals surface area contributed by atoms with Crippen LogP contribution in [-0.4, -0.2) is 38.9 Å². The van der Waals surface area contributed by atoms with Crippen molar-refractivity contribution in [3.63, 3.8) is 0 Å². The molecule has 0 aliphatic carbocycles. The number of esters is 1. The van der Waals surface area contributed by atoms with Gasteiger partial charge in [-0.15, -0.1) is 0 Å². The van der Waals surface area contributed by atoms with Crippen molar-refractivity contribution in [2.24, 2.45) is 11.7 Å². The predicted molar refractivity (Wildman–Crippen MR) is 49.6 cm³/mol. The van der Waals surface area contributed by atoms with Crippen LogP contribution in [0.2, 0.25) is 0 Å². The zero-order chi connectivity index (χ0) is 11.0. The van der Waals surface area contributed by atoms with Crippen molar-refractivity contribution in [3.05, 3.63) is 0 Å². The molecule has 1 amide bonds. The minimum absolute atomic E-state index is 0.198. The van der Waals surface area contributed by atoms with Crippen LogP contribution < -0.4 is 11.1 Å². The van der Waals surface area contributed by atoms with E-state index in [1.807, 2.05) is 0 Å². The summed E-state index contributed by atoms with van der Waals surface area (Å²) in [5.41, 5.74) is 4.74. The Bertz CT molecular complexity index is 196. The average Bonchev–Trinajstić information content (AvgIpc) is 2.15. The van der Waals surface area contributed by atoms with Crippen LogP contribution in [0.5, 0.6) is 0 Å². The van der Waals surface area contributed by atoms with Crippen LogP contribution in [0.4, 0.5) is 4.79 Å². The van der Waals surface area contributed by atoms with Gasteiger partial charge in [-0.25, -0.2) is 4.79 Å². The Balaban J connectivity index is 3.36. The van der Waals surface area contributed by atoms with E-state index in [1.165, 1.54) is 7.11 Å². The van der Waals surface area contributed by atoms with Gasteiger partial charge in [-0.3, -0.25) is 4.79 Å². The standard InChI is InChI=1S/C8H16N2O4/c1-6(7(11)13-2)5-10-3-4-14-8(9)12/h6,10H,3-5H2,1-2H3,(H2,9,12). The number of hydrogen-bond acceptors (Lipinski definition) is 5. The lowest BCUT2D eigenvalue weighted by Crippen LogP contribution is -2.30. The fourth-order valence-electron chi connectivity index (χ4n) is 0.827. The Hall–Kier alpha value is -1.30. The maximum Gasteiger partial charge on any atom is 0.404 e. The Kier molecular flexibility index (Phi) is 6.47. The number of rotatable bonds is 6. The molecular weight excluding hydrogens is 188 g/mol. The second-order valence-electron chi connectivity index (χ2n) is 2.80. The number of nitrogens with two attached hydrogens (primary N) is 1. The third-order valence-electron chi connectivity index (χ3n) is 1.58. The molecule has 1 unspecified atom stereocenters. The van der Waals surface area contributed by atoms with E-state index in [4.69, 9.17) is 5.73 Å². The molecule has 0 rings (SSSR count). The predicted octanol–water partition coefficient (Wildman–Crippen LogP) is -0.520. The molecule has 0 radical (unpaired) electrons. The highest BCUT2D eigenvalue weighted by molar-refractivity contribution is 5.72. The molecular formula is C8H16N2O4. The van der Waals surface area contributed by atoms with Crippen molar-refractivity contribution in [1.82, 2.24) is 5.32 Å². The monoisotopic (exact) mass is 204 g/mol. The molecule has 0 aromatic carbocycles. The van der Waals surface area contributed by atoms with Gasteiger partial charge in [-0.1, -0.05) is 6.92 Å². The zero-order valence-electron chi connectivity index (χ0n) is 8.41. The molecule has 0 saturated heterocycles. The second-order valence-corrected chi connectivity index (χ2v) is 2.80. The Labute approximate surface area is 82.7 Å². The summed E-state index contributed by atoms with van der Waals surface area (Å²) in [5.74, 6) is -0.484. The van der Waals surface area contributed by atoms with E-state index in [1.54, 1.807) is 6.92 Å². The molecule has 0 spiro atoms. The van der Waals surface area contributed by atoms with Crippen LogP contribution in [0.15, 0.2) is 0 Å². The lowest BCUT2D eigenvalue weighted by Gasteiger charge is -2.09. The Morgan fingerprint density at radius 1 is 1.50 bits per heavy atom. The van der Waals surface area contributed by atoms with Gasteiger partial charge in [-0.05, 0) is 0 Å². The summed E-state index contributed by atoms with van der Waals surface area (Å²) < 4.78 is 8.99. The highest BCUT2D eigenvalue weighted by atomic mass is 16.5. The van der Waals surface area contributed by atoms with Crippen LogP contribution in [0.1, 0.15) is 6.92 Å². The number of carbonyl (C=O) groups excluding carboxylic acids is 2. The van der Waals surface area contributed by atoms with E-state index in [2.05, 4.69) is 14.8 Å². The van der Waals surface area contributed by atoms with Crippen molar-refractivity contribution in [2.45, 2.75) is 6.92 Å². The fourth-order valence-corrected chi connectivity index (χ4v) is 0.827. The van der Waals surface area contributed by atoms with Gasteiger partial charge in [0.2, 0.25) is 0 Å². The van der Waals surface area contributed by atoms with Gasteiger partial charge in [0.25, 0.3) is 0 Å². The highest BCUT2D eigenvalue weighted by Crippen LogP contribution is 1.94. The summed E-state index contributed by atoms with van der Waals surface area (Å²) in [6, 6.07) is 0. The smallest absolute Gasteiger partial charge is 0.404 e. The molecule has 0 bridgehead atoms. The topological polar surface area (TPSA) is 90.7 Å². The van der Waals surface area contributed by atoms with Gasteiger partial charge in [0, 0.05) is 13.1 Å². The molecule has 0 heterocycles. The molecule has 1 atom stereocenters. The summed E-state index contributed by atoms with van der Waals surface area (Å²) in [4.78, 5) is 21.1. The quantitative estimate of drug-likeness (QED) is 0.449. The molecule has 0 fully saturated rings. The molecule has 0 aromatic rings. The molecule has 0 aromatic heterocycles. The zero-order valence-corrected chi connectivity index (χ0v) is 8.41. The molecule has 14 heavy (non-hydrogen) atoms. The van der Waals surface area contributed by atoms with Gasteiger partial charge < -0.3 is 20.5 Å².